The first kappa shape index (κ1) is 15.2. The van der Waals surface area contributed by atoms with Crippen LogP contribution in [0, 0.1) is 6.92 Å². The second kappa shape index (κ2) is 5.47. The zero-order chi connectivity index (χ0) is 16.6. The molecule has 0 unspecified atom stereocenters. The molecule has 3 rings (SSSR count). The number of rotatable bonds is 4. The molecule has 23 heavy (non-hydrogen) atoms. The summed E-state index contributed by atoms with van der Waals surface area (Å²) in [5.41, 5.74) is 0.222. The molecule has 0 saturated heterocycles. The molecule has 0 atom stereocenters. The van der Waals surface area contributed by atoms with Crippen LogP contribution in [0.25, 0.3) is 22.3 Å². The van der Waals surface area contributed by atoms with Gasteiger partial charge in [-0.2, -0.15) is 4.98 Å². The van der Waals surface area contributed by atoms with Gasteiger partial charge in [0.1, 0.15) is 23.6 Å². The number of aromatic nitrogens is 5. The van der Waals surface area contributed by atoms with Crippen LogP contribution in [0.5, 0.6) is 6.01 Å². The minimum atomic E-state index is -1.04. The van der Waals surface area contributed by atoms with E-state index in [0.717, 1.165) is 5.82 Å². The molecule has 3 N–H and O–H groups in total. The molecule has 3 aromatic heterocycles. The Bertz CT molecular complexity index is 907. The van der Waals surface area contributed by atoms with Crippen LogP contribution in [0.2, 0.25) is 0 Å². The van der Waals surface area contributed by atoms with Gasteiger partial charge >= 0.3 is 0 Å². The number of hydrogen-bond acceptors (Lipinski definition) is 6. The van der Waals surface area contributed by atoms with Gasteiger partial charge in [0.15, 0.2) is 0 Å². The fraction of sp³-hybridized carbons (Fsp3) is 0.333. The van der Waals surface area contributed by atoms with E-state index in [1.54, 1.807) is 32.3 Å². The number of aryl methyl sites for hydroxylation is 1. The molecule has 3 aromatic rings. The first-order valence-electron chi connectivity index (χ1n) is 7.10. The molecule has 0 aromatic carbocycles. The fourth-order valence-electron chi connectivity index (χ4n) is 2.10. The van der Waals surface area contributed by atoms with E-state index in [4.69, 9.17) is 4.74 Å². The van der Waals surface area contributed by atoms with Crippen molar-refractivity contribution >= 4 is 10.9 Å². The fourth-order valence-corrected chi connectivity index (χ4v) is 2.10. The molecule has 0 bridgehead atoms. The SMILES string of the molecule is Cc1ncc(-c2nccc3c(=O)[nH]c(OCC(C)(C)O)nc23)[nH]1. The third-order valence-corrected chi connectivity index (χ3v) is 3.12. The Morgan fingerprint density at radius 1 is 1.30 bits per heavy atom. The minimum absolute atomic E-state index is 0.000206. The van der Waals surface area contributed by atoms with Crippen molar-refractivity contribution in [2.24, 2.45) is 0 Å². The zero-order valence-corrected chi connectivity index (χ0v) is 13.0. The lowest BCUT2D eigenvalue weighted by atomic mass is 10.2. The predicted octanol–water partition coefficient (Wildman–Crippen LogP) is 1.17. The van der Waals surface area contributed by atoms with Crippen molar-refractivity contribution in [2.45, 2.75) is 26.4 Å². The van der Waals surface area contributed by atoms with Crippen molar-refractivity contribution in [1.29, 1.82) is 0 Å². The van der Waals surface area contributed by atoms with Crippen molar-refractivity contribution in [3.05, 3.63) is 34.6 Å². The Hall–Kier alpha value is -2.74. The Balaban J connectivity index is 2.12. The summed E-state index contributed by atoms with van der Waals surface area (Å²) in [6.45, 7) is 5.03. The standard InChI is InChI=1S/C15H17N5O3/c1-8-17-6-10(18-8)12-11-9(4-5-16-12)13(21)20-14(19-11)23-7-15(2,3)22/h4-6,22H,7H2,1-3H3,(H,17,18)(H,19,20,21). The summed E-state index contributed by atoms with van der Waals surface area (Å²) in [6.07, 6.45) is 3.18. The second-order valence-electron chi connectivity index (χ2n) is 5.91. The number of aliphatic hydroxyl groups is 1. The van der Waals surface area contributed by atoms with Gasteiger partial charge in [-0.15, -0.1) is 0 Å². The highest BCUT2D eigenvalue weighted by Crippen LogP contribution is 2.22. The highest BCUT2D eigenvalue weighted by Gasteiger charge is 2.16. The molecular formula is C15H17N5O3. The molecule has 3 heterocycles. The van der Waals surface area contributed by atoms with Crippen LogP contribution in [0.15, 0.2) is 23.3 Å². The largest absolute Gasteiger partial charge is 0.462 e. The Morgan fingerprint density at radius 3 is 2.74 bits per heavy atom. The first-order chi connectivity index (χ1) is 10.8. The smallest absolute Gasteiger partial charge is 0.297 e. The van der Waals surface area contributed by atoms with Crippen LogP contribution in [0.4, 0.5) is 0 Å². The van der Waals surface area contributed by atoms with Gasteiger partial charge in [-0.3, -0.25) is 14.8 Å². The van der Waals surface area contributed by atoms with Crippen LogP contribution in [0.3, 0.4) is 0 Å². The highest BCUT2D eigenvalue weighted by molar-refractivity contribution is 5.89. The van der Waals surface area contributed by atoms with Crippen molar-refractivity contribution in [3.8, 4) is 17.4 Å². The molecule has 0 aliphatic heterocycles. The molecule has 120 valence electrons. The summed E-state index contributed by atoms with van der Waals surface area (Å²) < 4.78 is 5.39. The molecule has 0 aliphatic rings. The van der Waals surface area contributed by atoms with Crippen molar-refractivity contribution in [1.82, 2.24) is 24.9 Å². The number of imidazole rings is 1. The van der Waals surface area contributed by atoms with E-state index in [1.165, 1.54) is 0 Å². The maximum atomic E-state index is 12.2. The van der Waals surface area contributed by atoms with Gasteiger partial charge in [0, 0.05) is 6.20 Å². The molecule has 0 spiro atoms. The number of H-pyrrole nitrogens is 2. The number of aromatic amines is 2. The number of nitrogens with one attached hydrogen (secondary N) is 2. The van der Waals surface area contributed by atoms with Gasteiger partial charge in [-0.1, -0.05) is 0 Å². The van der Waals surface area contributed by atoms with Crippen molar-refractivity contribution < 1.29 is 9.84 Å². The van der Waals surface area contributed by atoms with Crippen LogP contribution in [0.1, 0.15) is 19.7 Å². The predicted molar refractivity (Wildman–Crippen MR) is 84.3 cm³/mol. The molecule has 8 heteroatoms. The first-order valence-corrected chi connectivity index (χ1v) is 7.10. The molecule has 0 aliphatic carbocycles. The Labute approximate surface area is 131 Å². The Morgan fingerprint density at radius 2 is 2.09 bits per heavy atom. The summed E-state index contributed by atoms with van der Waals surface area (Å²) >= 11 is 0. The van der Waals surface area contributed by atoms with E-state index in [0.29, 0.717) is 22.3 Å². The monoisotopic (exact) mass is 315 g/mol. The van der Waals surface area contributed by atoms with Crippen LogP contribution in [-0.4, -0.2) is 42.2 Å². The van der Waals surface area contributed by atoms with E-state index in [-0.39, 0.29) is 18.2 Å². The number of hydrogen-bond donors (Lipinski definition) is 3. The number of nitrogens with zero attached hydrogens (tertiary/aromatic N) is 3. The van der Waals surface area contributed by atoms with Gasteiger partial charge in [-0.25, -0.2) is 4.98 Å². The molecule has 0 fully saturated rings. The Kier molecular flexibility index (Phi) is 3.61. The van der Waals surface area contributed by atoms with Gasteiger partial charge in [-0.05, 0) is 26.8 Å². The van der Waals surface area contributed by atoms with Gasteiger partial charge in [0.25, 0.3) is 11.6 Å². The average molecular weight is 315 g/mol. The zero-order valence-electron chi connectivity index (χ0n) is 13.0. The topological polar surface area (TPSA) is 117 Å². The lowest BCUT2D eigenvalue weighted by Gasteiger charge is -2.17. The van der Waals surface area contributed by atoms with Gasteiger partial charge in [0.05, 0.1) is 22.9 Å². The summed E-state index contributed by atoms with van der Waals surface area (Å²) in [5, 5.41) is 10.1. The van der Waals surface area contributed by atoms with Crippen LogP contribution in [-0.2, 0) is 0 Å². The van der Waals surface area contributed by atoms with E-state index < -0.39 is 5.60 Å². The van der Waals surface area contributed by atoms with Crippen LogP contribution < -0.4 is 10.3 Å². The summed E-state index contributed by atoms with van der Waals surface area (Å²) in [5.74, 6) is 0.738. The summed E-state index contributed by atoms with van der Waals surface area (Å²) in [6, 6.07) is 1.63. The summed E-state index contributed by atoms with van der Waals surface area (Å²) in [7, 11) is 0. The van der Waals surface area contributed by atoms with Gasteiger partial charge in [0.2, 0.25) is 0 Å². The maximum Gasteiger partial charge on any atom is 0.297 e. The average Bonchev–Trinajstić information content (AvgIpc) is 2.90. The van der Waals surface area contributed by atoms with E-state index in [1.807, 2.05) is 6.92 Å². The van der Waals surface area contributed by atoms with E-state index in [9.17, 15) is 9.90 Å². The number of pyridine rings is 1. The van der Waals surface area contributed by atoms with Gasteiger partial charge < -0.3 is 14.8 Å². The molecule has 0 saturated carbocycles. The maximum absolute atomic E-state index is 12.2. The third-order valence-electron chi connectivity index (χ3n) is 3.12. The highest BCUT2D eigenvalue weighted by atomic mass is 16.5. The normalized spacial score (nSPS) is 11.8. The number of fused-ring (bicyclic) bond motifs is 1. The third kappa shape index (κ3) is 3.21. The van der Waals surface area contributed by atoms with Crippen molar-refractivity contribution in [3.63, 3.8) is 0 Å². The second-order valence-corrected chi connectivity index (χ2v) is 5.91. The van der Waals surface area contributed by atoms with Crippen LogP contribution >= 0.6 is 0 Å². The molecule has 0 radical (unpaired) electrons. The summed E-state index contributed by atoms with van der Waals surface area (Å²) in [4.78, 5) is 30.6. The van der Waals surface area contributed by atoms with E-state index >= 15 is 0 Å². The molecular weight excluding hydrogens is 298 g/mol. The minimum Gasteiger partial charge on any atom is -0.462 e. The lowest BCUT2D eigenvalue weighted by Crippen LogP contribution is -2.29. The van der Waals surface area contributed by atoms with Crippen molar-refractivity contribution in [2.75, 3.05) is 6.61 Å². The molecule has 0 amide bonds. The molecule has 8 nitrogen and oxygen atoms in total. The number of ether oxygens (including phenoxy) is 1. The van der Waals surface area contributed by atoms with E-state index in [2.05, 4.69) is 24.9 Å². The quantitative estimate of drug-likeness (QED) is 0.665. The lowest BCUT2D eigenvalue weighted by molar-refractivity contribution is 0.0250.